The van der Waals surface area contributed by atoms with Crippen LogP contribution in [0.25, 0.3) is 0 Å². The van der Waals surface area contributed by atoms with Gasteiger partial charge in [-0.25, -0.2) is 0 Å². The molecule has 0 amide bonds. The molecular weight excluding hydrogens is 196 g/mol. The molecule has 1 aromatic carbocycles. The summed E-state index contributed by atoms with van der Waals surface area (Å²) < 4.78 is 4.74. The van der Waals surface area contributed by atoms with E-state index in [2.05, 4.69) is 0 Å². The van der Waals surface area contributed by atoms with Gasteiger partial charge >= 0.3 is 5.97 Å². The van der Waals surface area contributed by atoms with Gasteiger partial charge in [-0.1, -0.05) is 12.1 Å². The van der Waals surface area contributed by atoms with Gasteiger partial charge in [-0.15, -0.1) is 0 Å². The van der Waals surface area contributed by atoms with E-state index in [1.165, 1.54) is 12.1 Å². The van der Waals surface area contributed by atoms with E-state index in [1.807, 2.05) is 0 Å². The van der Waals surface area contributed by atoms with Crippen LogP contribution in [0, 0.1) is 0 Å². The zero-order valence-corrected chi connectivity index (χ0v) is 8.34. The Balaban J connectivity index is 2.92. The van der Waals surface area contributed by atoms with E-state index in [-0.39, 0.29) is 12.4 Å². The number of ether oxygens (including phenoxy) is 1. The molecule has 4 heteroatoms. The molecule has 0 aliphatic rings. The third kappa shape index (κ3) is 2.80. The molecule has 0 aliphatic carbocycles. The van der Waals surface area contributed by atoms with Crippen molar-refractivity contribution >= 4 is 12.3 Å². The second kappa shape index (κ2) is 5.14. The largest absolute Gasteiger partial charge is 0.508 e. The van der Waals surface area contributed by atoms with E-state index in [0.717, 1.165) is 0 Å². The number of carbonyl (C=O) groups is 2. The Bertz CT molecular complexity index is 359. The summed E-state index contributed by atoms with van der Waals surface area (Å²) >= 11 is 0. The lowest BCUT2D eigenvalue weighted by molar-refractivity contribution is -0.146. The minimum absolute atomic E-state index is 0.0173. The first kappa shape index (κ1) is 11.2. The van der Waals surface area contributed by atoms with Gasteiger partial charge in [0, 0.05) is 0 Å². The summed E-state index contributed by atoms with van der Waals surface area (Å²) in [5.74, 6) is -1.54. The highest BCUT2D eigenvalue weighted by atomic mass is 16.5. The number of hydrogen-bond donors (Lipinski definition) is 1. The molecule has 0 saturated heterocycles. The minimum Gasteiger partial charge on any atom is -0.508 e. The molecule has 80 valence electrons. The van der Waals surface area contributed by atoms with Crippen molar-refractivity contribution < 1.29 is 19.4 Å². The molecule has 0 radical (unpaired) electrons. The number of phenolic OH excluding ortho intramolecular Hbond substituents is 1. The van der Waals surface area contributed by atoms with E-state index < -0.39 is 11.9 Å². The zero-order valence-electron chi connectivity index (χ0n) is 8.34. The first-order valence-electron chi connectivity index (χ1n) is 4.60. The summed E-state index contributed by atoms with van der Waals surface area (Å²) in [7, 11) is 0. The van der Waals surface area contributed by atoms with Gasteiger partial charge in [0.2, 0.25) is 0 Å². The SMILES string of the molecule is CCOC(=O)C(C=O)c1cccc(O)c1. The van der Waals surface area contributed by atoms with Crippen molar-refractivity contribution in [1.82, 2.24) is 0 Å². The van der Waals surface area contributed by atoms with Crippen LogP contribution in [0.4, 0.5) is 0 Å². The van der Waals surface area contributed by atoms with Crippen molar-refractivity contribution in [2.75, 3.05) is 6.61 Å². The lowest BCUT2D eigenvalue weighted by Gasteiger charge is -2.09. The number of benzene rings is 1. The fourth-order valence-electron chi connectivity index (χ4n) is 1.22. The van der Waals surface area contributed by atoms with Crippen LogP contribution in [0.1, 0.15) is 18.4 Å². The predicted octanol–water partition coefficient (Wildman–Crippen LogP) is 1.24. The van der Waals surface area contributed by atoms with Gasteiger partial charge in [0.25, 0.3) is 0 Å². The molecule has 0 saturated carbocycles. The average molecular weight is 208 g/mol. The van der Waals surface area contributed by atoms with Crippen LogP contribution in [0.3, 0.4) is 0 Å². The third-order valence-corrected chi connectivity index (χ3v) is 1.91. The van der Waals surface area contributed by atoms with E-state index in [1.54, 1.807) is 19.1 Å². The standard InChI is InChI=1S/C11H12O4/c1-2-15-11(14)10(7-12)8-4-3-5-9(13)6-8/h3-7,10,13H,2H2,1H3. The van der Waals surface area contributed by atoms with Crippen LogP contribution in [-0.4, -0.2) is 24.0 Å². The van der Waals surface area contributed by atoms with Gasteiger partial charge in [0.1, 0.15) is 18.0 Å². The number of rotatable bonds is 4. The van der Waals surface area contributed by atoms with E-state index in [9.17, 15) is 14.7 Å². The maximum absolute atomic E-state index is 11.4. The summed E-state index contributed by atoms with van der Waals surface area (Å²) in [6.45, 7) is 1.89. The quantitative estimate of drug-likeness (QED) is 0.459. The first-order valence-corrected chi connectivity index (χ1v) is 4.60. The molecule has 0 fully saturated rings. The second-order valence-corrected chi connectivity index (χ2v) is 2.96. The summed E-state index contributed by atoms with van der Waals surface area (Å²) in [6, 6.07) is 6.00. The Morgan fingerprint density at radius 1 is 1.60 bits per heavy atom. The normalized spacial score (nSPS) is 11.8. The molecular formula is C11H12O4. The fourth-order valence-corrected chi connectivity index (χ4v) is 1.22. The van der Waals surface area contributed by atoms with Crippen LogP contribution in [0.2, 0.25) is 0 Å². The van der Waals surface area contributed by atoms with Crippen LogP contribution < -0.4 is 0 Å². The molecule has 0 heterocycles. The number of hydrogen-bond acceptors (Lipinski definition) is 4. The maximum atomic E-state index is 11.4. The molecule has 0 spiro atoms. The lowest BCUT2D eigenvalue weighted by atomic mass is 10.0. The second-order valence-electron chi connectivity index (χ2n) is 2.96. The predicted molar refractivity (Wildman–Crippen MR) is 53.5 cm³/mol. The van der Waals surface area contributed by atoms with Gasteiger partial charge in [0.05, 0.1) is 6.61 Å². The Kier molecular flexibility index (Phi) is 3.85. The fraction of sp³-hybridized carbons (Fsp3) is 0.273. The lowest BCUT2D eigenvalue weighted by Crippen LogP contribution is -2.17. The van der Waals surface area contributed by atoms with E-state index in [4.69, 9.17) is 4.74 Å². The number of esters is 1. The Morgan fingerprint density at radius 2 is 2.33 bits per heavy atom. The molecule has 1 unspecified atom stereocenters. The van der Waals surface area contributed by atoms with Crippen molar-refractivity contribution in [3.05, 3.63) is 29.8 Å². The molecule has 1 aromatic rings. The summed E-state index contributed by atoms with van der Waals surface area (Å²) in [5.41, 5.74) is 0.434. The Morgan fingerprint density at radius 3 is 2.87 bits per heavy atom. The Labute approximate surface area is 87.5 Å². The van der Waals surface area contributed by atoms with Crippen molar-refractivity contribution in [1.29, 1.82) is 0 Å². The molecule has 0 aliphatic heterocycles. The summed E-state index contributed by atoms with van der Waals surface area (Å²) in [4.78, 5) is 22.1. The van der Waals surface area contributed by atoms with Gasteiger partial charge in [-0.3, -0.25) is 4.79 Å². The van der Waals surface area contributed by atoms with Crippen LogP contribution >= 0.6 is 0 Å². The average Bonchev–Trinajstić information content (AvgIpc) is 2.19. The summed E-state index contributed by atoms with van der Waals surface area (Å²) in [6.07, 6.45) is 0.507. The molecule has 0 bridgehead atoms. The van der Waals surface area contributed by atoms with E-state index in [0.29, 0.717) is 11.8 Å². The van der Waals surface area contributed by atoms with Gasteiger partial charge < -0.3 is 14.6 Å². The molecule has 1 N–H and O–H groups in total. The van der Waals surface area contributed by atoms with E-state index >= 15 is 0 Å². The topological polar surface area (TPSA) is 63.6 Å². The van der Waals surface area contributed by atoms with Crippen molar-refractivity contribution in [2.24, 2.45) is 0 Å². The smallest absolute Gasteiger partial charge is 0.320 e. The first-order chi connectivity index (χ1) is 7.19. The monoisotopic (exact) mass is 208 g/mol. The highest BCUT2D eigenvalue weighted by Crippen LogP contribution is 2.19. The van der Waals surface area contributed by atoms with Crippen LogP contribution in [0.5, 0.6) is 5.75 Å². The highest BCUT2D eigenvalue weighted by Gasteiger charge is 2.21. The molecule has 4 nitrogen and oxygen atoms in total. The number of carbonyl (C=O) groups excluding carboxylic acids is 2. The molecule has 1 rings (SSSR count). The molecule has 0 aromatic heterocycles. The molecule has 15 heavy (non-hydrogen) atoms. The number of aldehydes is 1. The van der Waals surface area contributed by atoms with Crippen LogP contribution in [0.15, 0.2) is 24.3 Å². The highest BCUT2D eigenvalue weighted by molar-refractivity contribution is 5.94. The van der Waals surface area contributed by atoms with Crippen LogP contribution in [-0.2, 0) is 14.3 Å². The zero-order chi connectivity index (χ0) is 11.3. The van der Waals surface area contributed by atoms with Crippen molar-refractivity contribution in [3.63, 3.8) is 0 Å². The molecule has 1 atom stereocenters. The van der Waals surface area contributed by atoms with Gasteiger partial charge in [-0.2, -0.15) is 0 Å². The maximum Gasteiger partial charge on any atom is 0.320 e. The summed E-state index contributed by atoms with van der Waals surface area (Å²) in [5, 5.41) is 9.20. The number of aromatic hydroxyl groups is 1. The number of phenols is 1. The van der Waals surface area contributed by atoms with Crippen molar-refractivity contribution in [2.45, 2.75) is 12.8 Å². The van der Waals surface area contributed by atoms with Gasteiger partial charge in [-0.05, 0) is 24.6 Å². The third-order valence-electron chi connectivity index (χ3n) is 1.91. The minimum atomic E-state index is -0.961. The van der Waals surface area contributed by atoms with Gasteiger partial charge in [0.15, 0.2) is 0 Å². The van der Waals surface area contributed by atoms with Crippen molar-refractivity contribution in [3.8, 4) is 5.75 Å². The Hall–Kier alpha value is -1.84.